The normalized spacial score (nSPS) is 10.6. The highest BCUT2D eigenvalue weighted by atomic mass is 32.1. The minimum absolute atomic E-state index is 0.267. The Morgan fingerprint density at radius 3 is 2.82 bits per heavy atom. The Balaban J connectivity index is 2.17. The van der Waals surface area contributed by atoms with Crippen LogP contribution in [0.15, 0.2) is 47.3 Å². The Kier molecular flexibility index (Phi) is 2.49. The summed E-state index contributed by atoms with van der Waals surface area (Å²) in [6.07, 6.45) is 0. The molecule has 0 atom stereocenters. The van der Waals surface area contributed by atoms with Gasteiger partial charge in [0.05, 0.1) is 11.2 Å². The summed E-state index contributed by atoms with van der Waals surface area (Å²) in [6, 6.07) is 10.9. The van der Waals surface area contributed by atoms with E-state index in [0.717, 1.165) is 10.8 Å². The largest absolute Gasteiger partial charge is 0.337 e. The first-order chi connectivity index (χ1) is 8.34. The topological polar surface area (TPSA) is 24.9 Å². The fourth-order valence-electron chi connectivity index (χ4n) is 1.77. The molecule has 0 spiro atoms. The van der Waals surface area contributed by atoms with E-state index in [0.29, 0.717) is 11.5 Å². The molecule has 0 aliphatic heterocycles. The first kappa shape index (κ1) is 10.2. The molecule has 2 aromatic carbocycles. The number of benzene rings is 2. The second-order valence-electron chi connectivity index (χ2n) is 3.64. The number of anilines is 2. The van der Waals surface area contributed by atoms with Gasteiger partial charge < -0.3 is 5.32 Å². The molecule has 1 N–H and O–H groups in total. The fraction of sp³-hybridized carbons (Fsp3) is 0. The third kappa shape index (κ3) is 1.87. The van der Waals surface area contributed by atoms with Gasteiger partial charge in [0.2, 0.25) is 0 Å². The Labute approximate surface area is 102 Å². The van der Waals surface area contributed by atoms with Crippen LogP contribution in [0.4, 0.5) is 15.9 Å². The summed E-state index contributed by atoms with van der Waals surface area (Å²) in [5.41, 5.74) is 2.19. The van der Waals surface area contributed by atoms with Gasteiger partial charge in [0.25, 0.3) is 0 Å². The van der Waals surface area contributed by atoms with E-state index in [4.69, 9.17) is 0 Å². The number of fused-ring (bicyclic) bond motifs is 1. The Hall–Kier alpha value is -1.94. The van der Waals surface area contributed by atoms with Gasteiger partial charge in [-0.3, -0.25) is 0 Å². The van der Waals surface area contributed by atoms with Gasteiger partial charge >= 0.3 is 0 Å². The monoisotopic (exact) mass is 244 g/mol. The van der Waals surface area contributed by atoms with Crippen LogP contribution in [0.1, 0.15) is 0 Å². The molecule has 84 valence electrons. The standard InChI is InChI=1S/C13H9FN2S/c14-11-6-5-9-3-1-2-4-10(9)13(11)16-12-7-17-8-15-12/h1-8,16H. The summed E-state index contributed by atoms with van der Waals surface area (Å²) < 4.78 is 13.8. The Bertz CT molecular complexity index is 650. The minimum Gasteiger partial charge on any atom is -0.337 e. The van der Waals surface area contributed by atoms with Gasteiger partial charge in [0.1, 0.15) is 11.6 Å². The molecule has 1 heterocycles. The zero-order valence-corrected chi connectivity index (χ0v) is 9.67. The van der Waals surface area contributed by atoms with E-state index in [-0.39, 0.29) is 5.82 Å². The van der Waals surface area contributed by atoms with Crippen molar-refractivity contribution in [1.29, 1.82) is 0 Å². The van der Waals surface area contributed by atoms with Gasteiger partial charge in [-0.2, -0.15) is 0 Å². The molecule has 0 amide bonds. The summed E-state index contributed by atoms with van der Waals surface area (Å²) in [5, 5.41) is 6.74. The summed E-state index contributed by atoms with van der Waals surface area (Å²) in [7, 11) is 0. The summed E-state index contributed by atoms with van der Waals surface area (Å²) in [5.74, 6) is 0.405. The van der Waals surface area contributed by atoms with Crippen LogP contribution in [-0.2, 0) is 0 Å². The summed E-state index contributed by atoms with van der Waals surface area (Å²) in [4.78, 5) is 4.10. The SMILES string of the molecule is Fc1ccc2ccccc2c1Nc1cscn1. The van der Waals surface area contributed by atoms with E-state index in [2.05, 4.69) is 10.3 Å². The lowest BCUT2D eigenvalue weighted by Gasteiger charge is -2.08. The molecule has 0 aliphatic rings. The molecule has 1 aromatic heterocycles. The van der Waals surface area contributed by atoms with Crippen LogP contribution in [0.3, 0.4) is 0 Å². The van der Waals surface area contributed by atoms with E-state index < -0.39 is 0 Å². The van der Waals surface area contributed by atoms with Crippen LogP contribution in [-0.4, -0.2) is 4.98 Å². The average Bonchev–Trinajstić information content (AvgIpc) is 2.86. The van der Waals surface area contributed by atoms with Crippen molar-refractivity contribution in [2.75, 3.05) is 5.32 Å². The maximum atomic E-state index is 13.8. The molecule has 4 heteroatoms. The predicted octanol–water partition coefficient (Wildman–Crippen LogP) is 4.18. The molecule has 0 unspecified atom stereocenters. The number of nitrogens with zero attached hydrogens (tertiary/aromatic N) is 1. The molecule has 0 bridgehead atoms. The van der Waals surface area contributed by atoms with Gasteiger partial charge in [-0.1, -0.05) is 30.3 Å². The molecule has 0 aliphatic carbocycles. The van der Waals surface area contributed by atoms with Gasteiger partial charge in [-0.05, 0) is 11.5 Å². The third-order valence-electron chi connectivity index (χ3n) is 2.56. The Morgan fingerprint density at radius 1 is 1.12 bits per heavy atom. The molecular weight excluding hydrogens is 235 g/mol. The molecule has 3 aromatic rings. The maximum Gasteiger partial charge on any atom is 0.147 e. The highest BCUT2D eigenvalue weighted by Gasteiger charge is 2.07. The number of aromatic nitrogens is 1. The lowest BCUT2D eigenvalue weighted by Crippen LogP contribution is -1.95. The van der Waals surface area contributed by atoms with Crippen LogP contribution >= 0.6 is 11.3 Å². The highest BCUT2D eigenvalue weighted by Crippen LogP contribution is 2.29. The summed E-state index contributed by atoms with van der Waals surface area (Å²) >= 11 is 1.47. The van der Waals surface area contributed by atoms with Crippen LogP contribution in [0, 0.1) is 5.82 Å². The molecule has 0 radical (unpaired) electrons. The zero-order chi connectivity index (χ0) is 11.7. The van der Waals surface area contributed by atoms with Crippen molar-refractivity contribution in [3.8, 4) is 0 Å². The maximum absolute atomic E-state index is 13.8. The highest BCUT2D eigenvalue weighted by molar-refractivity contribution is 7.07. The fourth-order valence-corrected chi connectivity index (χ4v) is 2.26. The first-order valence-corrected chi connectivity index (χ1v) is 6.11. The first-order valence-electron chi connectivity index (χ1n) is 5.17. The molecule has 0 saturated heterocycles. The van der Waals surface area contributed by atoms with E-state index in [1.54, 1.807) is 11.6 Å². The van der Waals surface area contributed by atoms with Crippen LogP contribution in [0.5, 0.6) is 0 Å². The van der Waals surface area contributed by atoms with Gasteiger partial charge in [-0.15, -0.1) is 11.3 Å². The van der Waals surface area contributed by atoms with Crippen molar-refractivity contribution in [2.45, 2.75) is 0 Å². The molecule has 2 nitrogen and oxygen atoms in total. The van der Waals surface area contributed by atoms with E-state index >= 15 is 0 Å². The van der Waals surface area contributed by atoms with Gasteiger partial charge in [0.15, 0.2) is 0 Å². The number of halogens is 1. The van der Waals surface area contributed by atoms with Crippen molar-refractivity contribution in [3.63, 3.8) is 0 Å². The molecule has 0 fully saturated rings. The lowest BCUT2D eigenvalue weighted by atomic mass is 10.1. The second kappa shape index (κ2) is 4.14. The minimum atomic E-state index is -0.267. The van der Waals surface area contributed by atoms with Crippen molar-refractivity contribution in [2.24, 2.45) is 0 Å². The van der Waals surface area contributed by atoms with Crippen molar-refractivity contribution in [1.82, 2.24) is 4.98 Å². The van der Waals surface area contributed by atoms with Crippen molar-refractivity contribution in [3.05, 3.63) is 53.1 Å². The third-order valence-corrected chi connectivity index (χ3v) is 3.15. The molecule has 3 rings (SSSR count). The van der Waals surface area contributed by atoms with Gasteiger partial charge in [-0.25, -0.2) is 9.37 Å². The van der Waals surface area contributed by atoms with Crippen LogP contribution < -0.4 is 5.32 Å². The number of rotatable bonds is 2. The number of nitrogens with one attached hydrogen (secondary N) is 1. The van der Waals surface area contributed by atoms with Crippen molar-refractivity contribution < 1.29 is 4.39 Å². The summed E-state index contributed by atoms with van der Waals surface area (Å²) in [6.45, 7) is 0. The van der Waals surface area contributed by atoms with E-state index in [9.17, 15) is 4.39 Å². The second-order valence-corrected chi connectivity index (χ2v) is 4.36. The predicted molar refractivity (Wildman–Crippen MR) is 69.3 cm³/mol. The van der Waals surface area contributed by atoms with Crippen molar-refractivity contribution >= 4 is 33.6 Å². The number of thiazole rings is 1. The Morgan fingerprint density at radius 2 is 2.00 bits per heavy atom. The molecule has 0 saturated carbocycles. The van der Waals surface area contributed by atoms with E-state index in [1.807, 2.05) is 29.6 Å². The quantitative estimate of drug-likeness (QED) is 0.731. The lowest BCUT2D eigenvalue weighted by molar-refractivity contribution is 0.633. The number of hydrogen-bond donors (Lipinski definition) is 1. The van der Waals surface area contributed by atoms with Gasteiger partial charge in [0, 0.05) is 10.8 Å². The average molecular weight is 244 g/mol. The van der Waals surface area contributed by atoms with Crippen LogP contribution in [0.2, 0.25) is 0 Å². The molecular formula is C13H9FN2S. The molecule has 17 heavy (non-hydrogen) atoms. The van der Waals surface area contributed by atoms with Crippen LogP contribution in [0.25, 0.3) is 10.8 Å². The number of hydrogen-bond acceptors (Lipinski definition) is 3. The van der Waals surface area contributed by atoms with E-state index in [1.165, 1.54) is 17.4 Å². The smallest absolute Gasteiger partial charge is 0.147 e. The zero-order valence-electron chi connectivity index (χ0n) is 8.85.